The normalized spacial score (nSPS) is 16.4. The average Bonchev–Trinajstić information content (AvgIpc) is 2.84. The molecule has 0 amide bonds. The molecule has 3 rings (SSSR count). The van der Waals surface area contributed by atoms with E-state index >= 15 is 0 Å². The van der Waals surface area contributed by atoms with Gasteiger partial charge in [-0.25, -0.2) is 4.98 Å². The number of nitriles is 1. The summed E-state index contributed by atoms with van der Waals surface area (Å²) in [6.45, 7) is 2.28. The highest BCUT2D eigenvalue weighted by atomic mass is 16.7. The van der Waals surface area contributed by atoms with Crippen LogP contribution in [0.1, 0.15) is 18.7 Å². The van der Waals surface area contributed by atoms with Gasteiger partial charge in [-0.05, 0) is 18.6 Å². The topological polar surface area (TPSA) is 60.1 Å². The van der Waals surface area contributed by atoms with Crippen LogP contribution < -0.4 is 0 Å². The van der Waals surface area contributed by atoms with Gasteiger partial charge in [-0.3, -0.25) is 0 Å². The van der Waals surface area contributed by atoms with Gasteiger partial charge in [-0.1, -0.05) is 12.1 Å². The third-order valence-electron chi connectivity index (χ3n) is 3.46. The van der Waals surface area contributed by atoms with Gasteiger partial charge in [0.15, 0.2) is 6.29 Å². The predicted octanol–water partition coefficient (Wildman–Crippen LogP) is 2.26. The monoisotopic (exact) mass is 271 g/mol. The standard InChI is InChI=1S/C15H17N3O2/c16-8-6-14-17-12-4-1-2-5-13(12)18(14)9-7-15-19-10-3-11-20-15/h1-2,4-5,15H,3,6-7,9-11H2. The van der Waals surface area contributed by atoms with Crippen LogP contribution in [0.4, 0.5) is 0 Å². The first kappa shape index (κ1) is 13.1. The molecule has 0 spiro atoms. The van der Waals surface area contributed by atoms with E-state index in [-0.39, 0.29) is 6.29 Å². The molecule has 0 N–H and O–H groups in total. The second-order valence-corrected chi connectivity index (χ2v) is 4.82. The number of para-hydroxylation sites is 2. The molecule has 1 fully saturated rings. The molecule has 0 radical (unpaired) electrons. The Morgan fingerprint density at radius 1 is 1.30 bits per heavy atom. The molecule has 1 aliphatic heterocycles. The molecule has 2 heterocycles. The second kappa shape index (κ2) is 6.04. The molecule has 0 atom stereocenters. The maximum atomic E-state index is 8.93. The lowest BCUT2D eigenvalue weighted by Gasteiger charge is -2.23. The molecule has 1 aromatic carbocycles. The van der Waals surface area contributed by atoms with Gasteiger partial charge in [0, 0.05) is 13.0 Å². The number of hydrogen-bond acceptors (Lipinski definition) is 4. The summed E-state index contributed by atoms with van der Waals surface area (Å²) in [5.41, 5.74) is 2.00. The Bertz CT molecular complexity index is 624. The Balaban J connectivity index is 1.81. The lowest BCUT2D eigenvalue weighted by Crippen LogP contribution is -2.26. The summed E-state index contributed by atoms with van der Waals surface area (Å²) in [7, 11) is 0. The number of ether oxygens (including phenoxy) is 2. The number of aryl methyl sites for hydroxylation is 1. The van der Waals surface area contributed by atoms with Crippen molar-refractivity contribution in [2.45, 2.75) is 32.1 Å². The summed E-state index contributed by atoms with van der Waals surface area (Å²) in [4.78, 5) is 4.52. The number of rotatable bonds is 4. The zero-order valence-corrected chi connectivity index (χ0v) is 11.3. The zero-order valence-electron chi connectivity index (χ0n) is 11.3. The van der Waals surface area contributed by atoms with Crippen LogP contribution in [0.15, 0.2) is 24.3 Å². The molecule has 5 heteroatoms. The van der Waals surface area contributed by atoms with Crippen LogP contribution in [0.3, 0.4) is 0 Å². The van der Waals surface area contributed by atoms with Crippen molar-refractivity contribution in [3.8, 4) is 6.07 Å². The lowest BCUT2D eigenvalue weighted by molar-refractivity contribution is -0.182. The number of hydrogen-bond donors (Lipinski definition) is 0. The molecule has 1 aromatic heterocycles. The zero-order chi connectivity index (χ0) is 13.8. The summed E-state index contributed by atoms with van der Waals surface area (Å²) in [6.07, 6.45) is 1.92. The molecular formula is C15H17N3O2. The van der Waals surface area contributed by atoms with Crippen molar-refractivity contribution in [2.24, 2.45) is 0 Å². The molecular weight excluding hydrogens is 254 g/mol. The maximum Gasteiger partial charge on any atom is 0.159 e. The van der Waals surface area contributed by atoms with Gasteiger partial charge in [0.2, 0.25) is 0 Å². The fourth-order valence-corrected chi connectivity index (χ4v) is 2.52. The van der Waals surface area contributed by atoms with Gasteiger partial charge in [0.1, 0.15) is 5.82 Å². The highest BCUT2D eigenvalue weighted by molar-refractivity contribution is 5.75. The van der Waals surface area contributed by atoms with Crippen LogP contribution in [0.25, 0.3) is 11.0 Å². The first-order chi connectivity index (χ1) is 9.88. The highest BCUT2D eigenvalue weighted by Gasteiger charge is 2.16. The van der Waals surface area contributed by atoms with Gasteiger partial charge < -0.3 is 14.0 Å². The Kier molecular flexibility index (Phi) is 3.95. The number of nitrogens with zero attached hydrogens (tertiary/aromatic N) is 3. The Labute approximate surface area is 117 Å². The largest absolute Gasteiger partial charge is 0.353 e. The minimum atomic E-state index is -0.139. The number of imidazole rings is 1. The molecule has 20 heavy (non-hydrogen) atoms. The van der Waals surface area contributed by atoms with Crippen molar-refractivity contribution in [3.63, 3.8) is 0 Å². The Morgan fingerprint density at radius 2 is 2.10 bits per heavy atom. The summed E-state index contributed by atoms with van der Waals surface area (Å²) in [6, 6.07) is 10.1. The lowest BCUT2D eigenvalue weighted by atomic mass is 10.3. The van der Waals surface area contributed by atoms with Crippen molar-refractivity contribution < 1.29 is 9.47 Å². The van der Waals surface area contributed by atoms with E-state index in [4.69, 9.17) is 14.7 Å². The van der Waals surface area contributed by atoms with Gasteiger partial charge >= 0.3 is 0 Å². The van der Waals surface area contributed by atoms with E-state index in [1.807, 2.05) is 24.3 Å². The fraction of sp³-hybridized carbons (Fsp3) is 0.467. The Morgan fingerprint density at radius 3 is 2.90 bits per heavy atom. The van der Waals surface area contributed by atoms with Crippen LogP contribution in [0.5, 0.6) is 0 Å². The van der Waals surface area contributed by atoms with Crippen LogP contribution >= 0.6 is 0 Å². The van der Waals surface area contributed by atoms with Crippen molar-refractivity contribution in [2.75, 3.05) is 13.2 Å². The van der Waals surface area contributed by atoms with Crippen LogP contribution in [-0.2, 0) is 22.4 Å². The highest BCUT2D eigenvalue weighted by Crippen LogP contribution is 2.18. The third kappa shape index (κ3) is 2.67. The smallest absolute Gasteiger partial charge is 0.159 e. The van der Waals surface area contributed by atoms with Crippen LogP contribution in [0, 0.1) is 11.3 Å². The quantitative estimate of drug-likeness (QED) is 0.855. The van der Waals surface area contributed by atoms with Gasteiger partial charge in [0.05, 0.1) is 36.7 Å². The molecule has 0 saturated carbocycles. The molecule has 2 aromatic rings. The molecule has 0 aliphatic carbocycles. The van der Waals surface area contributed by atoms with Crippen molar-refractivity contribution in [3.05, 3.63) is 30.1 Å². The van der Waals surface area contributed by atoms with Crippen LogP contribution in [-0.4, -0.2) is 29.1 Å². The SMILES string of the molecule is N#CCc1nc2ccccc2n1CCC1OCCCO1. The molecule has 104 valence electrons. The number of aromatic nitrogens is 2. The maximum absolute atomic E-state index is 8.93. The number of fused-ring (bicyclic) bond motifs is 1. The van der Waals surface area contributed by atoms with Gasteiger partial charge in [-0.2, -0.15) is 5.26 Å². The molecule has 5 nitrogen and oxygen atoms in total. The van der Waals surface area contributed by atoms with E-state index in [9.17, 15) is 0 Å². The van der Waals surface area contributed by atoms with Crippen molar-refractivity contribution in [1.29, 1.82) is 5.26 Å². The molecule has 0 unspecified atom stereocenters. The summed E-state index contributed by atoms with van der Waals surface area (Å²) >= 11 is 0. The van der Waals surface area contributed by atoms with E-state index in [1.54, 1.807) is 0 Å². The van der Waals surface area contributed by atoms with E-state index in [0.29, 0.717) is 6.42 Å². The molecule has 1 aliphatic rings. The first-order valence-corrected chi connectivity index (χ1v) is 6.93. The fourth-order valence-electron chi connectivity index (χ4n) is 2.52. The first-order valence-electron chi connectivity index (χ1n) is 6.93. The average molecular weight is 271 g/mol. The predicted molar refractivity (Wildman–Crippen MR) is 74.0 cm³/mol. The van der Waals surface area contributed by atoms with E-state index in [0.717, 1.165) is 49.5 Å². The second-order valence-electron chi connectivity index (χ2n) is 4.82. The van der Waals surface area contributed by atoms with E-state index in [2.05, 4.69) is 15.6 Å². The van der Waals surface area contributed by atoms with E-state index in [1.165, 1.54) is 0 Å². The van der Waals surface area contributed by atoms with Crippen molar-refractivity contribution in [1.82, 2.24) is 9.55 Å². The summed E-state index contributed by atoms with van der Waals surface area (Å²) < 4.78 is 13.2. The van der Waals surface area contributed by atoms with Gasteiger partial charge in [0.25, 0.3) is 0 Å². The summed E-state index contributed by atoms with van der Waals surface area (Å²) in [5, 5.41) is 8.93. The minimum Gasteiger partial charge on any atom is -0.353 e. The molecule has 1 saturated heterocycles. The third-order valence-corrected chi connectivity index (χ3v) is 3.46. The molecule has 0 bridgehead atoms. The van der Waals surface area contributed by atoms with Gasteiger partial charge in [-0.15, -0.1) is 0 Å². The van der Waals surface area contributed by atoms with Crippen molar-refractivity contribution >= 4 is 11.0 Å². The number of benzene rings is 1. The summed E-state index contributed by atoms with van der Waals surface area (Å²) in [5.74, 6) is 0.810. The van der Waals surface area contributed by atoms with Crippen LogP contribution in [0.2, 0.25) is 0 Å². The Hall–Kier alpha value is -1.90. The van der Waals surface area contributed by atoms with E-state index < -0.39 is 0 Å². The minimum absolute atomic E-state index is 0.139.